The van der Waals surface area contributed by atoms with Crippen LogP contribution in [-0.4, -0.2) is 27.3 Å². The Morgan fingerprint density at radius 3 is 2.62 bits per heavy atom. The summed E-state index contributed by atoms with van der Waals surface area (Å²) in [5, 5.41) is 21.5. The van der Waals surface area contributed by atoms with E-state index < -0.39 is 17.4 Å². The van der Waals surface area contributed by atoms with E-state index in [1.807, 2.05) is 25.1 Å². The van der Waals surface area contributed by atoms with E-state index >= 15 is 0 Å². The molecule has 0 atom stereocenters. The molecule has 196 valence electrons. The SMILES string of the molecule is CCCCCCCCN1C(=CCC(C)=Cc2sc(=O)n(CC(=O)O)c2O)Oc2c1ccc1ccccc21. The summed E-state index contributed by atoms with van der Waals surface area (Å²) in [5.41, 5.74) is 1.98. The number of carboxylic acids is 1. The van der Waals surface area contributed by atoms with Gasteiger partial charge in [-0.15, -0.1) is 0 Å². The first kappa shape index (κ1) is 26.5. The lowest BCUT2D eigenvalue weighted by Crippen LogP contribution is -2.21. The zero-order valence-corrected chi connectivity index (χ0v) is 22.2. The number of fused-ring (bicyclic) bond motifs is 3. The number of benzene rings is 2. The van der Waals surface area contributed by atoms with E-state index in [0.717, 1.165) is 62.5 Å². The predicted molar refractivity (Wildman–Crippen MR) is 150 cm³/mol. The molecule has 8 heteroatoms. The normalized spacial score (nSPS) is 14.4. The molecule has 1 aliphatic heterocycles. The van der Waals surface area contributed by atoms with Crippen molar-refractivity contribution in [2.75, 3.05) is 11.4 Å². The lowest BCUT2D eigenvalue weighted by atomic mass is 10.1. The van der Waals surface area contributed by atoms with Gasteiger partial charge in [0, 0.05) is 11.9 Å². The number of anilines is 1. The van der Waals surface area contributed by atoms with Crippen LogP contribution in [-0.2, 0) is 11.3 Å². The molecule has 2 N–H and O–H groups in total. The van der Waals surface area contributed by atoms with Crippen molar-refractivity contribution in [2.45, 2.75) is 65.3 Å². The minimum Gasteiger partial charge on any atom is -0.493 e. The molecule has 3 aromatic rings. The first-order valence-corrected chi connectivity index (χ1v) is 13.7. The van der Waals surface area contributed by atoms with Gasteiger partial charge in [0.25, 0.3) is 0 Å². The molecule has 37 heavy (non-hydrogen) atoms. The summed E-state index contributed by atoms with van der Waals surface area (Å²) in [7, 11) is 0. The van der Waals surface area contributed by atoms with Gasteiger partial charge in [0.05, 0.1) is 10.6 Å². The zero-order valence-electron chi connectivity index (χ0n) is 21.4. The Morgan fingerprint density at radius 1 is 1.08 bits per heavy atom. The Labute approximate surface area is 220 Å². The number of ether oxygens (including phenoxy) is 1. The number of hydrogen-bond donors (Lipinski definition) is 2. The number of unbranched alkanes of at least 4 members (excludes halogenated alkanes) is 5. The van der Waals surface area contributed by atoms with Crippen molar-refractivity contribution in [3.05, 3.63) is 68.5 Å². The van der Waals surface area contributed by atoms with E-state index in [2.05, 4.69) is 36.1 Å². The van der Waals surface area contributed by atoms with Gasteiger partial charge in [-0.25, -0.2) is 0 Å². The van der Waals surface area contributed by atoms with E-state index in [9.17, 15) is 14.7 Å². The fourth-order valence-electron chi connectivity index (χ4n) is 4.58. The van der Waals surface area contributed by atoms with Crippen molar-refractivity contribution in [2.24, 2.45) is 0 Å². The quantitative estimate of drug-likeness (QED) is 0.256. The van der Waals surface area contributed by atoms with Crippen molar-refractivity contribution in [3.8, 4) is 11.6 Å². The molecule has 4 rings (SSSR count). The summed E-state index contributed by atoms with van der Waals surface area (Å²) in [4.78, 5) is 25.2. The molecule has 0 aliphatic carbocycles. The number of rotatable bonds is 12. The third-order valence-corrected chi connectivity index (χ3v) is 7.44. The molecule has 0 saturated carbocycles. The second-order valence-corrected chi connectivity index (χ2v) is 10.4. The number of carbonyl (C=O) groups is 1. The van der Waals surface area contributed by atoms with Crippen LogP contribution in [0.3, 0.4) is 0 Å². The fourth-order valence-corrected chi connectivity index (χ4v) is 5.49. The molecule has 0 fully saturated rings. The molecule has 0 radical (unpaired) electrons. The maximum Gasteiger partial charge on any atom is 0.323 e. The van der Waals surface area contributed by atoms with Crippen LogP contribution >= 0.6 is 11.3 Å². The molecule has 0 bridgehead atoms. The first-order valence-electron chi connectivity index (χ1n) is 12.9. The summed E-state index contributed by atoms with van der Waals surface area (Å²) in [5.74, 6) is 0.167. The summed E-state index contributed by atoms with van der Waals surface area (Å²) in [6, 6.07) is 12.5. The number of thiazole rings is 1. The monoisotopic (exact) mass is 522 g/mol. The van der Waals surface area contributed by atoms with Gasteiger partial charge in [-0.2, -0.15) is 0 Å². The fraction of sp³-hybridized carbons (Fsp3) is 0.379. The maximum absolute atomic E-state index is 12.1. The minimum absolute atomic E-state index is 0.315. The molecule has 0 unspecified atom stereocenters. The Morgan fingerprint density at radius 2 is 1.84 bits per heavy atom. The standard InChI is InChI=1S/C29H34N2O5S/c1-3-4-5-6-7-10-17-30-23-15-14-21-11-8-9-12-22(21)27(23)36-25(30)16-13-20(2)18-24-28(34)31(19-26(32)33)29(35)37-24/h8-9,11-12,14-16,18,34H,3-7,10,13,17,19H2,1-2H3,(H,32,33). The number of aromatic hydroxyl groups is 1. The highest BCUT2D eigenvalue weighted by Gasteiger charge is 2.27. The lowest BCUT2D eigenvalue weighted by Gasteiger charge is -2.18. The van der Waals surface area contributed by atoms with Gasteiger partial charge < -0.3 is 19.8 Å². The Bertz CT molecular complexity index is 1380. The van der Waals surface area contributed by atoms with Crippen LogP contribution in [0.4, 0.5) is 5.69 Å². The number of aliphatic carboxylic acids is 1. The first-order chi connectivity index (χ1) is 17.9. The van der Waals surface area contributed by atoms with Crippen LogP contribution in [0.15, 0.2) is 58.7 Å². The zero-order chi connectivity index (χ0) is 26.4. The van der Waals surface area contributed by atoms with Gasteiger partial charge in [0.1, 0.15) is 6.54 Å². The van der Waals surface area contributed by atoms with Crippen molar-refractivity contribution in [3.63, 3.8) is 0 Å². The highest BCUT2D eigenvalue weighted by Crippen LogP contribution is 2.44. The third-order valence-electron chi connectivity index (χ3n) is 6.52. The van der Waals surface area contributed by atoms with Gasteiger partial charge in [-0.05, 0) is 43.4 Å². The third kappa shape index (κ3) is 6.25. The van der Waals surface area contributed by atoms with E-state index in [1.165, 1.54) is 32.1 Å². The van der Waals surface area contributed by atoms with Crippen LogP contribution in [0, 0.1) is 0 Å². The van der Waals surface area contributed by atoms with Crippen molar-refractivity contribution >= 4 is 39.8 Å². The van der Waals surface area contributed by atoms with Gasteiger partial charge in [0.2, 0.25) is 5.88 Å². The van der Waals surface area contributed by atoms with Crippen molar-refractivity contribution in [1.82, 2.24) is 4.57 Å². The molecular formula is C29H34N2O5S. The number of hydrogen-bond acceptors (Lipinski definition) is 6. The van der Waals surface area contributed by atoms with E-state index in [4.69, 9.17) is 9.84 Å². The molecule has 0 saturated heterocycles. The van der Waals surface area contributed by atoms with E-state index in [1.54, 1.807) is 6.08 Å². The van der Waals surface area contributed by atoms with Crippen molar-refractivity contribution < 1.29 is 19.7 Å². The number of nitrogens with zero attached hydrogens (tertiary/aromatic N) is 2. The van der Waals surface area contributed by atoms with Gasteiger partial charge in [-0.1, -0.05) is 86.3 Å². The van der Waals surface area contributed by atoms with Crippen LogP contribution < -0.4 is 14.5 Å². The predicted octanol–water partition coefficient (Wildman–Crippen LogP) is 6.75. The van der Waals surface area contributed by atoms with Crippen LogP contribution in [0.1, 0.15) is 63.7 Å². The molecule has 1 aromatic heterocycles. The number of aromatic nitrogens is 1. The Balaban J connectivity index is 1.54. The highest BCUT2D eigenvalue weighted by molar-refractivity contribution is 7.10. The number of carboxylic acid groups (broad SMARTS) is 1. The number of allylic oxidation sites excluding steroid dienone is 2. The smallest absolute Gasteiger partial charge is 0.323 e. The highest BCUT2D eigenvalue weighted by atomic mass is 32.1. The van der Waals surface area contributed by atoms with Crippen molar-refractivity contribution in [1.29, 1.82) is 0 Å². The summed E-state index contributed by atoms with van der Waals surface area (Å²) in [6.07, 6.45) is 11.6. The molecule has 0 spiro atoms. The van der Waals surface area contributed by atoms with E-state index in [-0.39, 0.29) is 5.88 Å². The van der Waals surface area contributed by atoms with Crippen LogP contribution in [0.5, 0.6) is 11.6 Å². The topological polar surface area (TPSA) is 92.0 Å². The molecular weight excluding hydrogens is 488 g/mol. The maximum atomic E-state index is 12.1. The van der Waals surface area contributed by atoms with Gasteiger partial charge in [0.15, 0.2) is 11.6 Å². The Kier molecular flexibility index (Phi) is 8.71. The van der Waals surface area contributed by atoms with Gasteiger partial charge in [-0.3, -0.25) is 14.2 Å². The second kappa shape index (κ2) is 12.1. The minimum atomic E-state index is -1.18. The molecule has 7 nitrogen and oxygen atoms in total. The molecule has 2 heterocycles. The lowest BCUT2D eigenvalue weighted by molar-refractivity contribution is -0.137. The summed E-state index contributed by atoms with van der Waals surface area (Å²) >= 11 is 0.836. The van der Waals surface area contributed by atoms with Gasteiger partial charge >= 0.3 is 10.8 Å². The molecule has 2 aromatic carbocycles. The average Bonchev–Trinajstić information content (AvgIpc) is 3.36. The molecule has 0 amide bonds. The molecule has 1 aliphatic rings. The largest absolute Gasteiger partial charge is 0.493 e. The van der Waals surface area contributed by atoms with E-state index in [0.29, 0.717) is 11.3 Å². The Hall–Kier alpha value is -3.52. The summed E-state index contributed by atoms with van der Waals surface area (Å²) in [6.45, 7) is 4.44. The van der Waals surface area contributed by atoms with Crippen LogP contribution in [0.2, 0.25) is 0 Å². The van der Waals surface area contributed by atoms with Crippen LogP contribution in [0.25, 0.3) is 16.8 Å². The summed E-state index contributed by atoms with van der Waals surface area (Å²) < 4.78 is 7.28. The second-order valence-electron chi connectivity index (χ2n) is 9.43. The average molecular weight is 523 g/mol.